The Labute approximate surface area is 145 Å². The minimum absolute atomic E-state index is 0.609. The lowest BCUT2D eigenvalue weighted by molar-refractivity contribution is -0.159. The lowest BCUT2D eigenvalue weighted by Gasteiger charge is -2.06. The molecule has 2 N–H and O–H groups in total. The van der Waals surface area contributed by atoms with Gasteiger partial charge >= 0.3 is 11.9 Å². The van der Waals surface area contributed by atoms with Crippen molar-refractivity contribution in [3.8, 4) is 0 Å². The van der Waals surface area contributed by atoms with Crippen LogP contribution >= 0.6 is 11.8 Å². The number of carboxylic acid groups (broad SMARTS) is 2. The summed E-state index contributed by atoms with van der Waals surface area (Å²) in [4.78, 5) is 23.9. The highest BCUT2D eigenvalue weighted by molar-refractivity contribution is 7.99. The summed E-state index contributed by atoms with van der Waals surface area (Å²) < 4.78 is 0. The summed E-state index contributed by atoms with van der Waals surface area (Å²) in [5.74, 6) is -1.96. The SMILES string of the molecule is CC(C)c1ccc(SCCc2ccccn2)cc1.O=C(O)C(=O)O. The zero-order valence-corrected chi connectivity index (χ0v) is 14.5. The second kappa shape index (κ2) is 10.4. The number of carboxylic acids is 2. The molecular weight excluding hydrogens is 326 g/mol. The van der Waals surface area contributed by atoms with Crippen molar-refractivity contribution in [3.05, 3.63) is 59.9 Å². The fourth-order valence-electron chi connectivity index (χ4n) is 1.77. The maximum atomic E-state index is 9.10. The number of rotatable bonds is 5. The normalized spacial score (nSPS) is 9.96. The monoisotopic (exact) mass is 347 g/mol. The lowest BCUT2D eigenvalue weighted by Crippen LogP contribution is -2.09. The van der Waals surface area contributed by atoms with Gasteiger partial charge in [-0.2, -0.15) is 0 Å². The van der Waals surface area contributed by atoms with Gasteiger partial charge in [0.1, 0.15) is 0 Å². The topological polar surface area (TPSA) is 87.5 Å². The van der Waals surface area contributed by atoms with Gasteiger partial charge in [-0.1, -0.05) is 32.0 Å². The van der Waals surface area contributed by atoms with Crippen LogP contribution < -0.4 is 0 Å². The van der Waals surface area contributed by atoms with Crippen LogP contribution in [0.5, 0.6) is 0 Å². The first-order chi connectivity index (χ1) is 11.4. The van der Waals surface area contributed by atoms with E-state index in [4.69, 9.17) is 19.8 Å². The van der Waals surface area contributed by atoms with Crippen LogP contribution in [0, 0.1) is 0 Å². The Morgan fingerprint density at radius 3 is 2.12 bits per heavy atom. The first-order valence-electron chi connectivity index (χ1n) is 7.49. The van der Waals surface area contributed by atoms with Gasteiger partial charge < -0.3 is 10.2 Å². The van der Waals surface area contributed by atoms with E-state index in [1.807, 2.05) is 30.1 Å². The van der Waals surface area contributed by atoms with Crippen LogP contribution in [0.1, 0.15) is 31.0 Å². The molecule has 0 aliphatic carbocycles. The van der Waals surface area contributed by atoms with Gasteiger partial charge in [0.2, 0.25) is 0 Å². The van der Waals surface area contributed by atoms with E-state index in [1.54, 1.807) is 0 Å². The van der Waals surface area contributed by atoms with Crippen molar-refractivity contribution in [2.45, 2.75) is 31.1 Å². The molecule has 24 heavy (non-hydrogen) atoms. The standard InChI is InChI=1S/C16H19NS.C2H2O4/c1-13(2)14-6-8-16(9-7-14)18-12-10-15-5-3-4-11-17-15;3-1(4)2(5)6/h3-9,11,13H,10,12H2,1-2H3;(H,3,4)(H,5,6). The third kappa shape index (κ3) is 7.78. The molecule has 1 aromatic carbocycles. The molecule has 128 valence electrons. The van der Waals surface area contributed by atoms with Crippen molar-refractivity contribution in [2.24, 2.45) is 0 Å². The number of hydrogen-bond donors (Lipinski definition) is 2. The van der Waals surface area contributed by atoms with Crippen LogP contribution in [0.25, 0.3) is 0 Å². The number of aliphatic carboxylic acids is 2. The summed E-state index contributed by atoms with van der Waals surface area (Å²) >= 11 is 1.90. The van der Waals surface area contributed by atoms with Crippen LogP contribution in [-0.2, 0) is 16.0 Å². The van der Waals surface area contributed by atoms with E-state index in [9.17, 15) is 0 Å². The van der Waals surface area contributed by atoms with Gasteiger partial charge in [0.05, 0.1) is 0 Å². The molecule has 0 fully saturated rings. The second-order valence-corrected chi connectivity index (χ2v) is 6.42. The smallest absolute Gasteiger partial charge is 0.414 e. The number of thioether (sulfide) groups is 1. The summed E-state index contributed by atoms with van der Waals surface area (Å²) in [6.07, 6.45) is 2.88. The molecule has 1 aromatic heterocycles. The quantitative estimate of drug-likeness (QED) is 0.633. The third-order valence-corrected chi connectivity index (χ3v) is 4.10. The zero-order valence-electron chi connectivity index (χ0n) is 13.7. The highest BCUT2D eigenvalue weighted by atomic mass is 32.2. The van der Waals surface area contributed by atoms with Gasteiger partial charge in [-0.25, -0.2) is 9.59 Å². The number of carbonyl (C=O) groups is 2. The molecule has 0 aliphatic rings. The number of aromatic nitrogens is 1. The van der Waals surface area contributed by atoms with Crippen LogP contribution in [0.4, 0.5) is 0 Å². The number of nitrogens with zero attached hydrogens (tertiary/aromatic N) is 1. The van der Waals surface area contributed by atoms with E-state index in [-0.39, 0.29) is 0 Å². The van der Waals surface area contributed by atoms with E-state index >= 15 is 0 Å². The van der Waals surface area contributed by atoms with Gasteiger partial charge in [-0.3, -0.25) is 4.98 Å². The molecule has 0 bridgehead atoms. The average molecular weight is 347 g/mol. The largest absolute Gasteiger partial charge is 0.473 e. The van der Waals surface area contributed by atoms with Crippen molar-refractivity contribution in [1.29, 1.82) is 0 Å². The van der Waals surface area contributed by atoms with Crippen molar-refractivity contribution < 1.29 is 19.8 Å². The first kappa shape index (κ1) is 19.7. The highest BCUT2D eigenvalue weighted by Crippen LogP contribution is 2.22. The summed E-state index contributed by atoms with van der Waals surface area (Å²) in [7, 11) is 0. The molecule has 0 aliphatic heterocycles. The van der Waals surface area contributed by atoms with E-state index in [2.05, 4.69) is 49.2 Å². The maximum Gasteiger partial charge on any atom is 0.414 e. The number of hydrogen-bond acceptors (Lipinski definition) is 4. The summed E-state index contributed by atoms with van der Waals surface area (Å²) in [5.41, 5.74) is 2.58. The van der Waals surface area contributed by atoms with Crippen LogP contribution in [0.2, 0.25) is 0 Å². The van der Waals surface area contributed by atoms with Crippen LogP contribution in [0.3, 0.4) is 0 Å². The Hall–Kier alpha value is -2.34. The van der Waals surface area contributed by atoms with Crippen molar-refractivity contribution in [2.75, 3.05) is 5.75 Å². The van der Waals surface area contributed by atoms with Crippen molar-refractivity contribution in [3.63, 3.8) is 0 Å². The van der Waals surface area contributed by atoms with E-state index < -0.39 is 11.9 Å². The minimum Gasteiger partial charge on any atom is -0.473 e. The summed E-state index contributed by atoms with van der Waals surface area (Å²) in [6, 6.07) is 15.0. The molecule has 0 saturated heterocycles. The van der Waals surface area contributed by atoms with Crippen molar-refractivity contribution >= 4 is 23.7 Å². The van der Waals surface area contributed by atoms with E-state index in [0.29, 0.717) is 5.92 Å². The zero-order chi connectivity index (χ0) is 17.9. The minimum atomic E-state index is -1.82. The molecule has 6 heteroatoms. The molecule has 2 rings (SSSR count). The van der Waals surface area contributed by atoms with Gasteiger partial charge in [-0.05, 0) is 42.2 Å². The molecule has 0 spiro atoms. The first-order valence-corrected chi connectivity index (χ1v) is 8.47. The molecule has 2 aromatic rings. The Morgan fingerprint density at radius 2 is 1.67 bits per heavy atom. The van der Waals surface area contributed by atoms with Crippen LogP contribution in [-0.4, -0.2) is 32.9 Å². The van der Waals surface area contributed by atoms with Gasteiger partial charge in [0, 0.05) is 22.5 Å². The number of pyridine rings is 1. The fourth-order valence-corrected chi connectivity index (χ4v) is 2.64. The van der Waals surface area contributed by atoms with Crippen LogP contribution in [0.15, 0.2) is 53.6 Å². The molecule has 0 atom stereocenters. The summed E-state index contributed by atoms with van der Waals surface area (Å²) in [6.45, 7) is 4.45. The van der Waals surface area contributed by atoms with Gasteiger partial charge in [-0.15, -0.1) is 11.8 Å². The number of benzene rings is 1. The maximum absolute atomic E-state index is 9.10. The molecule has 0 unspecified atom stereocenters. The Bertz CT molecular complexity index is 630. The number of aryl methyl sites for hydroxylation is 1. The summed E-state index contributed by atoms with van der Waals surface area (Å²) in [5, 5.41) is 14.8. The predicted molar refractivity (Wildman–Crippen MR) is 94.5 cm³/mol. The molecule has 0 radical (unpaired) electrons. The average Bonchev–Trinajstić information content (AvgIpc) is 2.57. The third-order valence-electron chi connectivity index (χ3n) is 3.08. The molecular formula is C18H21NO4S. The molecule has 5 nitrogen and oxygen atoms in total. The predicted octanol–water partition coefficient (Wildman–Crippen LogP) is 3.70. The van der Waals surface area contributed by atoms with E-state index in [0.717, 1.165) is 12.2 Å². The Kier molecular flexibility index (Phi) is 8.57. The lowest BCUT2D eigenvalue weighted by atomic mass is 10.0. The second-order valence-electron chi connectivity index (χ2n) is 5.25. The van der Waals surface area contributed by atoms with Gasteiger partial charge in [0.25, 0.3) is 0 Å². The van der Waals surface area contributed by atoms with E-state index in [1.165, 1.54) is 16.2 Å². The molecule has 0 saturated carbocycles. The fraction of sp³-hybridized carbons (Fsp3) is 0.278. The molecule has 0 amide bonds. The highest BCUT2D eigenvalue weighted by Gasteiger charge is 2.04. The Balaban J connectivity index is 0.000000413. The van der Waals surface area contributed by atoms with Crippen molar-refractivity contribution in [1.82, 2.24) is 4.98 Å². The van der Waals surface area contributed by atoms with Gasteiger partial charge in [0.15, 0.2) is 0 Å². The molecule has 1 heterocycles. The Morgan fingerprint density at radius 1 is 1.04 bits per heavy atom.